The van der Waals surface area contributed by atoms with Crippen molar-refractivity contribution in [1.29, 1.82) is 0 Å². The summed E-state index contributed by atoms with van der Waals surface area (Å²) in [7, 11) is 0. The summed E-state index contributed by atoms with van der Waals surface area (Å²) in [6, 6.07) is 4.83. The number of hydrogen-bond acceptors (Lipinski definition) is 3. The van der Waals surface area contributed by atoms with Gasteiger partial charge in [-0.1, -0.05) is 12.1 Å². The Hall–Kier alpha value is -2.25. The van der Waals surface area contributed by atoms with E-state index in [4.69, 9.17) is 4.74 Å². The third-order valence-electron chi connectivity index (χ3n) is 4.30. The molecule has 0 unspecified atom stereocenters. The molecule has 2 amide bonds. The van der Waals surface area contributed by atoms with Crippen LogP contribution in [0.15, 0.2) is 24.3 Å². The maximum absolute atomic E-state index is 13.1. The van der Waals surface area contributed by atoms with E-state index in [0.717, 1.165) is 6.07 Å². The molecule has 0 bridgehead atoms. The Kier molecular flexibility index (Phi) is 6.38. The fourth-order valence-electron chi connectivity index (χ4n) is 2.97. The molecule has 0 aliphatic carbocycles. The van der Waals surface area contributed by atoms with E-state index in [2.05, 4.69) is 5.32 Å². The summed E-state index contributed by atoms with van der Waals surface area (Å²) in [5.41, 5.74) is -1.81. The van der Waals surface area contributed by atoms with E-state index in [1.165, 1.54) is 23.1 Å². The summed E-state index contributed by atoms with van der Waals surface area (Å²) in [5, 5.41) is 2.70. The molecule has 0 saturated carbocycles. The van der Waals surface area contributed by atoms with Crippen LogP contribution in [-0.2, 0) is 10.9 Å². The number of hydrogen-bond donors (Lipinski definition) is 1. The first-order chi connectivity index (χ1) is 12.5. The van der Waals surface area contributed by atoms with Crippen molar-refractivity contribution in [2.45, 2.75) is 45.4 Å². The van der Waals surface area contributed by atoms with E-state index in [-0.39, 0.29) is 11.5 Å². The fourth-order valence-corrected chi connectivity index (χ4v) is 2.97. The van der Waals surface area contributed by atoms with Crippen LogP contribution in [0.25, 0.3) is 0 Å². The van der Waals surface area contributed by atoms with Gasteiger partial charge in [0.25, 0.3) is 5.91 Å². The van der Waals surface area contributed by atoms with Gasteiger partial charge in [0.05, 0.1) is 11.1 Å². The van der Waals surface area contributed by atoms with Crippen molar-refractivity contribution in [1.82, 2.24) is 10.2 Å². The van der Waals surface area contributed by atoms with Crippen molar-refractivity contribution in [2.75, 3.05) is 19.6 Å². The fraction of sp³-hybridized carbons (Fsp3) is 0.579. The summed E-state index contributed by atoms with van der Waals surface area (Å²) in [6.45, 7) is 6.44. The number of benzene rings is 1. The van der Waals surface area contributed by atoms with Crippen LogP contribution in [0.2, 0.25) is 0 Å². The first-order valence-corrected chi connectivity index (χ1v) is 8.90. The van der Waals surface area contributed by atoms with Gasteiger partial charge in [-0.2, -0.15) is 13.2 Å². The van der Waals surface area contributed by atoms with Crippen molar-refractivity contribution in [2.24, 2.45) is 5.92 Å². The van der Waals surface area contributed by atoms with Gasteiger partial charge in [0.1, 0.15) is 5.60 Å². The average Bonchev–Trinajstić information content (AvgIpc) is 2.57. The maximum atomic E-state index is 13.1. The standard InChI is InChI=1S/C19H25F3N2O3/c1-18(2,3)27-17(26)23-12-13-8-10-24(11-9-13)16(25)14-6-4-5-7-15(14)19(20,21)22/h4-7,13H,8-12H2,1-3H3,(H,23,26). The molecule has 1 saturated heterocycles. The summed E-state index contributed by atoms with van der Waals surface area (Å²) in [5.74, 6) is -0.457. The molecule has 1 aromatic rings. The van der Waals surface area contributed by atoms with Gasteiger partial charge in [-0.15, -0.1) is 0 Å². The zero-order chi connectivity index (χ0) is 20.2. The van der Waals surface area contributed by atoms with Crippen LogP contribution >= 0.6 is 0 Å². The Bertz CT molecular complexity index is 676. The van der Waals surface area contributed by atoms with Crippen LogP contribution in [0, 0.1) is 5.92 Å². The molecule has 0 aromatic heterocycles. The van der Waals surface area contributed by atoms with Gasteiger partial charge in [0.15, 0.2) is 0 Å². The Morgan fingerprint density at radius 3 is 2.30 bits per heavy atom. The molecule has 1 N–H and O–H groups in total. The molecule has 27 heavy (non-hydrogen) atoms. The molecule has 1 aromatic carbocycles. The lowest BCUT2D eigenvalue weighted by molar-refractivity contribution is -0.138. The second kappa shape index (κ2) is 8.19. The average molecular weight is 386 g/mol. The molecule has 0 atom stereocenters. The summed E-state index contributed by atoms with van der Waals surface area (Å²) in [6.07, 6.45) is -3.85. The maximum Gasteiger partial charge on any atom is 0.417 e. The highest BCUT2D eigenvalue weighted by Gasteiger charge is 2.36. The van der Waals surface area contributed by atoms with E-state index in [1.807, 2.05) is 0 Å². The number of ether oxygens (including phenoxy) is 1. The minimum Gasteiger partial charge on any atom is -0.444 e. The molecular weight excluding hydrogens is 361 g/mol. The number of rotatable bonds is 3. The molecule has 1 aliphatic rings. The smallest absolute Gasteiger partial charge is 0.417 e. The molecule has 1 fully saturated rings. The molecular formula is C19H25F3N2O3. The van der Waals surface area contributed by atoms with Gasteiger partial charge in [-0.3, -0.25) is 4.79 Å². The van der Waals surface area contributed by atoms with Gasteiger partial charge < -0.3 is 15.0 Å². The summed E-state index contributed by atoms with van der Waals surface area (Å²) < 4.78 is 44.5. The summed E-state index contributed by atoms with van der Waals surface area (Å²) >= 11 is 0. The van der Waals surface area contributed by atoms with E-state index in [0.29, 0.717) is 32.5 Å². The molecule has 0 spiro atoms. The third-order valence-corrected chi connectivity index (χ3v) is 4.30. The van der Waals surface area contributed by atoms with Crippen molar-refractivity contribution in [3.8, 4) is 0 Å². The highest BCUT2D eigenvalue weighted by Crippen LogP contribution is 2.33. The van der Waals surface area contributed by atoms with Gasteiger partial charge in [0.2, 0.25) is 0 Å². The quantitative estimate of drug-likeness (QED) is 0.852. The summed E-state index contributed by atoms with van der Waals surface area (Å²) in [4.78, 5) is 25.7. The Morgan fingerprint density at radius 1 is 1.15 bits per heavy atom. The molecule has 0 radical (unpaired) electrons. The Labute approximate surface area is 156 Å². The van der Waals surface area contributed by atoms with Crippen molar-refractivity contribution >= 4 is 12.0 Å². The van der Waals surface area contributed by atoms with E-state index < -0.39 is 29.3 Å². The number of amides is 2. The second-order valence-corrected chi connectivity index (χ2v) is 7.66. The Balaban J connectivity index is 1.89. The van der Waals surface area contributed by atoms with Crippen molar-refractivity contribution in [3.05, 3.63) is 35.4 Å². The molecule has 8 heteroatoms. The number of piperidine rings is 1. The normalized spacial score (nSPS) is 16.1. The number of nitrogens with zero attached hydrogens (tertiary/aromatic N) is 1. The highest BCUT2D eigenvalue weighted by atomic mass is 19.4. The van der Waals surface area contributed by atoms with Crippen LogP contribution in [0.4, 0.5) is 18.0 Å². The van der Waals surface area contributed by atoms with E-state index >= 15 is 0 Å². The number of nitrogens with one attached hydrogen (secondary N) is 1. The first-order valence-electron chi connectivity index (χ1n) is 8.90. The van der Waals surface area contributed by atoms with Crippen molar-refractivity contribution < 1.29 is 27.5 Å². The molecule has 5 nitrogen and oxygen atoms in total. The lowest BCUT2D eigenvalue weighted by Crippen LogP contribution is -2.42. The highest BCUT2D eigenvalue weighted by molar-refractivity contribution is 5.96. The number of carbonyl (C=O) groups excluding carboxylic acids is 2. The van der Waals surface area contributed by atoms with Gasteiger partial charge in [-0.25, -0.2) is 4.79 Å². The van der Waals surface area contributed by atoms with E-state index in [1.54, 1.807) is 20.8 Å². The van der Waals surface area contributed by atoms with Crippen LogP contribution in [-0.4, -0.2) is 42.1 Å². The van der Waals surface area contributed by atoms with E-state index in [9.17, 15) is 22.8 Å². The number of halogens is 3. The number of alkyl halides is 3. The minimum absolute atomic E-state index is 0.152. The lowest BCUT2D eigenvalue weighted by Gasteiger charge is -2.32. The zero-order valence-electron chi connectivity index (χ0n) is 15.7. The number of alkyl carbamates (subject to hydrolysis) is 1. The minimum atomic E-state index is -4.57. The first kappa shape index (κ1) is 21.1. The molecule has 150 valence electrons. The van der Waals surface area contributed by atoms with Crippen LogP contribution in [0.3, 0.4) is 0 Å². The topological polar surface area (TPSA) is 58.6 Å². The predicted octanol–water partition coefficient (Wildman–Crippen LogP) is 4.08. The zero-order valence-corrected chi connectivity index (χ0v) is 15.7. The van der Waals surface area contributed by atoms with Gasteiger partial charge in [0, 0.05) is 19.6 Å². The van der Waals surface area contributed by atoms with Crippen molar-refractivity contribution in [3.63, 3.8) is 0 Å². The van der Waals surface area contributed by atoms with Gasteiger partial charge in [-0.05, 0) is 51.7 Å². The SMILES string of the molecule is CC(C)(C)OC(=O)NCC1CCN(C(=O)c2ccccc2C(F)(F)F)CC1. The van der Waals surface area contributed by atoms with Crippen LogP contribution in [0.5, 0.6) is 0 Å². The molecule has 2 rings (SSSR count). The number of likely N-dealkylation sites (tertiary alicyclic amines) is 1. The second-order valence-electron chi connectivity index (χ2n) is 7.66. The van der Waals surface area contributed by atoms with Gasteiger partial charge >= 0.3 is 12.3 Å². The largest absolute Gasteiger partial charge is 0.444 e. The third kappa shape index (κ3) is 6.15. The van der Waals surface area contributed by atoms with Crippen LogP contribution < -0.4 is 5.32 Å². The van der Waals surface area contributed by atoms with Crippen LogP contribution in [0.1, 0.15) is 49.5 Å². The lowest BCUT2D eigenvalue weighted by atomic mass is 9.95. The monoisotopic (exact) mass is 386 g/mol. The Morgan fingerprint density at radius 2 is 1.74 bits per heavy atom. The molecule has 1 aliphatic heterocycles. The molecule has 1 heterocycles. The predicted molar refractivity (Wildman–Crippen MR) is 94.3 cm³/mol. The number of carbonyl (C=O) groups is 2.